The van der Waals surface area contributed by atoms with Crippen molar-refractivity contribution in [2.24, 2.45) is 0 Å². The molecule has 3 aromatic heterocycles. The van der Waals surface area contributed by atoms with Crippen molar-refractivity contribution in [3.63, 3.8) is 0 Å². The molecule has 0 saturated carbocycles. The Labute approximate surface area is 147 Å². The average molecular weight is 357 g/mol. The molecule has 0 radical (unpaired) electrons. The van der Waals surface area contributed by atoms with E-state index in [4.69, 9.17) is 4.42 Å². The van der Waals surface area contributed by atoms with Crippen molar-refractivity contribution in [3.8, 4) is 10.6 Å². The highest BCUT2D eigenvalue weighted by Gasteiger charge is 2.38. The zero-order valence-corrected chi connectivity index (χ0v) is 14.2. The lowest BCUT2D eigenvalue weighted by Gasteiger charge is -2.42. The molecule has 0 spiro atoms. The van der Waals surface area contributed by atoms with Crippen LogP contribution in [0.2, 0.25) is 0 Å². The summed E-state index contributed by atoms with van der Waals surface area (Å²) >= 11 is 1.44. The lowest BCUT2D eigenvalue weighted by Crippen LogP contribution is -2.60. The summed E-state index contributed by atoms with van der Waals surface area (Å²) in [6.07, 6.45) is 4.66. The molecular formula is C16H15N5O3S. The van der Waals surface area contributed by atoms with Crippen LogP contribution >= 0.6 is 11.3 Å². The van der Waals surface area contributed by atoms with E-state index in [2.05, 4.69) is 20.2 Å². The minimum Gasteiger partial charge on any atom is -0.448 e. The molecule has 0 bridgehead atoms. The molecule has 0 aromatic carbocycles. The number of β-amino-alcohol motifs (C(OH)–C–C–N with tert-alkyl or cyclic N) is 1. The van der Waals surface area contributed by atoms with E-state index in [0.29, 0.717) is 18.9 Å². The summed E-state index contributed by atoms with van der Waals surface area (Å²) < 4.78 is 5.39. The summed E-state index contributed by atoms with van der Waals surface area (Å²) in [5.41, 5.74) is 1.19. The lowest BCUT2D eigenvalue weighted by atomic mass is 10.0. The number of nitrogens with zero attached hydrogens (tertiary/aromatic N) is 5. The third kappa shape index (κ3) is 3.03. The van der Waals surface area contributed by atoms with E-state index in [1.165, 1.54) is 17.6 Å². The first-order valence-corrected chi connectivity index (χ1v) is 8.59. The maximum atomic E-state index is 12.3. The van der Waals surface area contributed by atoms with Gasteiger partial charge in [0.1, 0.15) is 16.3 Å². The molecule has 4 heterocycles. The molecule has 25 heavy (non-hydrogen) atoms. The van der Waals surface area contributed by atoms with Gasteiger partial charge in [-0.05, 0) is 19.1 Å². The van der Waals surface area contributed by atoms with E-state index in [1.54, 1.807) is 24.2 Å². The van der Waals surface area contributed by atoms with Gasteiger partial charge in [-0.15, -0.1) is 10.2 Å². The fraction of sp³-hybridized carbons (Fsp3) is 0.312. The molecule has 1 fully saturated rings. The van der Waals surface area contributed by atoms with Crippen molar-refractivity contribution >= 4 is 17.2 Å². The standard InChI is InChI=1S/C16H15N5O3S/c1-9-12(22)7-21(9)16(23)11-8-24-13(18-11)6-14-19-20-15(25-14)10-2-4-17-5-3-10/h2-5,8-9,12,22H,6-7H2,1H3/t9-,12-/m0/s1. The van der Waals surface area contributed by atoms with Crippen LogP contribution in [0.5, 0.6) is 0 Å². The van der Waals surface area contributed by atoms with Crippen molar-refractivity contribution in [2.75, 3.05) is 6.54 Å². The van der Waals surface area contributed by atoms with Gasteiger partial charge in [0.25, 0.3) is 5.91 Å². The predicted octanol–water partition coefficient (Wildman–Crippen LogP) is 1.38. The topological polar surface area (TPSA) is 105 Å². The summed E-state index contributed by atoms with van der Waals surface area (Å²) in [4.78, 5) is 22.1. The van der Waals surface area contributed by atoms with Crippen LogP contribution in [0.3, 0.4) is 0 Å². The van der Waals surface area contributed by atoms with Crippen LogP contribution in [0, 0.1) is 0 Å². The van der Waals surface area contributed by atoms with E-state index in [0.717, 1.165) is 15.6 Å². The summed E-state index contributed by atoms with van der Waals surface area (Å²) in [5.74, 6) is 0.178. The average Bonchev–Trinajstić information content (AvgIpc) is 3.29. The molecule has 1 saturated heterocycles. The fourth-order valence-corrected chi connectivity index (χ4v) is 3.40. The highest BCUT2D eigenvalue weighted by molar-refractivity contribution is 7.14. The van der Waals surface area contributed by atoms with Crippen LogP contribution in [-0.2, 0) is 6.42 Å². The highest BCUT2D eigenvalue weighted by Crippen LogP contribution is 2.25. The second-order valence-corrected chi connectivity index (χ2v) is 6.87. The van der Waals surface area contributed by atoms with E-state index in [9.17, 15) is 9.90 Å². The van der Waals surface area contributed by atoms with E-state index < -0.39 is 6.10 Å². The van der Waals surface area contributed by atoms with Crippen LogP contribution in [-0.4, -0.2) is 54.8 Å². The maximum Gasteiger partial charge on any atom is 0.276 e. The predicted molar refractivity (Wildman–Crippen MR) is 89.0 cm³/mol. The molecule has 8 nitrogen and oxygen atoms in total. The Kier molecular flexibility index (Phi) is 4.02. The van der Waals surface area contributed by atoms with Gasteiger partial charge in [0.15, 0.2) is 5.69 Å². The monoisotopic (exact) mass is 357 g/mol. The van der Waals surface area contributed by atoms with Crippen LogP contribution in [0.4, 0.5) is 0 Å². The third-order valence-corrected chi connectivity index (χ3v) is 5.13. The van der Waals surface area contributed by atoms with Crippen LogP contribution in [0.15, 0.2) is 35.2 Å². The first-order valence-electron chi connectivity index (χ1n) is 7.78. The summed E-state index contributed by atoms with van der Waals surface area (Å²) in [6, 6.07) is 3.54. The molecule has 1 aliphatic rings. The number of aromatic nitrogens is 4. The van der Waals surface area contributed by atoms with Crippen molar-refractivity contribution in [1.29, 1.82) is 0 Å². The molecule has 128 valence electrons. The minimum atomic E-state index is -0.469. The zero-order valence-electron chi connectivity index (χ0n) is 13.4. The first-order chi connectivity index (χ1) is 12.1. The van der Waals surface area contributed by atoms with Gasteiger partial charge >= 0.3 is 0 Å². The van der Waals surface area contributed by atoms with Gasteiger partial charge in [-0.1, -0.05) is 11.3 Å². The van der Waals surface area contributed by atoms with Crippen molar-refractivity contribution in [1.82, 2.24) is 25.1 Å². The summed E-state index contributed by atoms with van der Waals surface area (Å²) in [6.45, 7) is 2.13. The number of aliphatic hydroxyl groups excluding tert-OH is 1. The number of hydrogen-bond donors (Lipinski definition) is 1. The van der Waals surface area contributed by atoms with Crippen molar-refractivity contribution in [3.05, 3.63) is 47.4 Å². The van der Waals surface area contributed by atoms with E-state index in [1.807, 2.05) is 12.1 Å². The molecule has 1 aliphatic heterocycles. The zero-order chi connectivity index (χ0) is 17.4. The van der Waals surface area contributed by atoms with E-state index in [-0.39, 0.29) is 17.6 Å². The molecule has 2 atom stereocenters. The van der Waals surface area contributed by atoms with Gasteiger partial charge in [0, 0.05) is 24.5 Å². The maximum absolute atomic E-state index is 12.3. The molecule has 0 unspecified atom stereocenters. The largest absolute Gasteiger partial charge is 0.448 e. The number of oxazole rings is 1. The van der Waals surface area contributed by atoms with Gasteiger partial charge in [0.05, 0.1) is 18.6 Å². The molecular weight excluding hydrogens is 342 g/mol. The third-order valence-electron chi connectivity index (χ3n) is 4.16. The Morgan fingerprint density at radius 1 is 1.40 bits per heavy atom. The Morgan fingerprint density at radius 3 is 2.92 bits per heavy atom. The van der Waals surface area contributed by atoms with Gasteiger partial charge in [-0.2, -0.15) is 0 Å². The summed E-state index contributed by atoms with van der Waals surface area (Å²) in [7, 11) is 0. The number of hydrogen-bond acceptors (Lipinski definition) is 8. The molecule has 3 aromatic rings. The van der Waals surface area contributed by atoms with Gasteiger partial charge in [-0.25, -0.2) is 4.98 Å². The Morgan fingerprint density at radius 2 is 2.20 bits per heavy atom. The van der Waals surface area contributed by atoms with E-state index >= 15 is 0 Å². The molecule has 1 N–H and O–H groups in total. The quantitative estimate of drug-likeness (QED) is 0.752. The molecule has 1 amide bonds. The number of pyridine rings is 1. The lowest BCUT2D eigenvalue weighted by molar-refractivity contribution is -0.0360. The molecule has 4 rings (SSSR count). The number of carbonyl (C=O) groups excluding carboxylic acids is 1. The van der Waals surface area contributed by atoms with Crippen molar-refractivity contribution < 1.29 is 14.3 Å². The fourth-order valence-electron chi connectivity index (χ4n) is 2.56. The smallest absolute Gasteiger partial charge is 0.276 e. The Balaban J connectivity index is 1.45. The first kappa shape index (κ1) is 15.9. The molecule has 9 heteroatoms. The van der Waals surface area contributed by atoms with Gasteiger partial charge in [0.2, 0.25) is 5.89 Å². The van der Waals surface area contributed by atoms with Crippen LogP contribution in [0.25, 0.3) is 10.6 Å². The van der Waals surface area contributed by atoms with Crippen molar-refractivity contribution in [2.45, 2.75) is 25.5 Å². The Bertz CT molecular complexity index is 894. The minimum absolute atomic E-state index is 0.196. The number of carbonyl (C=O) groups is 1. The number of amides is 1. The van der Waals surface area contributed by atoms with Crippen LogP contribution < -0.4 is 0 Å². The molecule has 0 aliphatic carbocycles. The number of rotatable bonds is 4. The second-order valence-electron chi connectivity index (χ2n) is 5.81. The number of likely N-dealkylation sites (tertiary alicyclic amines) is 1. The SMILES string of the molecule is C[C@H]1[C@@H](O)CN1C(=O)c1coc(Cc2nnc(-c3ccncc3)s2)n1. The second kappa shape index (κ2) is 6.34. The van der Waals surface area contributed by atoms with Gasteiger partial charge in [-0.3, -0.25) is 9.78 Å². The van der Waals surface area contributed by atoms with Crippen LogP contribution in [0.1, 0.15) is 28.3 Å². The highest BCUT2D eigenvalue weighted by atomic mass is 32.1. The van der Waals surface area contributed by atoms with Gasteiger partial charge < -0.3 is 14.4 Å². The summed E-state index contributed by atoms with van der Waals surface area (Å²) in [5, 5.41) is 19.4. The number of aliphatic hydroxyl groups is 1. The Hall–Kier alpha value is -2.65. The normalized spacial score (nSPS) is 19.7.